The molecule has 0 bridgehead atoms. The first-order valence-electron chi connectivity index (χ1n) is 3.15. The zero-order chi connectivity index (χ0) is 7.61. The van der Waals surface area contributed by atoms with Crippen LogP contribution in [0.15, 0.2) is 11.8 Å². The second-order valence-electron chi connectivity index (χ2n) is 2.57. The fourth-order valence-electron chi connectivity index (χ4n) is 0.868. The fourth-order valence-corrected chi connectivity index (χ4v) is 0.868. The molecular formula is C7H10O3. The van der Waals surface area contributed by atoms with Crippen molar-refractivity contribution in [2.45, 2.75) is 18.9 Å². The quantitative estimate of drug-likeness (QED) is 0.562. The minimum atomic E-state index is -0.724. The van der Waals surface area contributed by atoms with E-state index in [4.69, 9.17) is 9.84 Å². The lowest BCUT2D eigenvalue weighted by Crippen LogP contribution is -2.25. The Bertz CT molecular complexity index is 174. The Hall–Kier alpha value is -0.830. The predicted molar refractivity (Wildman–Crippen MR) is 35.3 cm³/mol. The van der Waals surface area contributed by atoms with Crippen LogP contribution in [0.1, 0.15) is 13.3 Å². The molecule has 10 heavy (non-hydrogen) atoms. The van der Waals surface area contributed by atoms with Crippen LogP contribution in [0.2, 0.25) is 0 Å². The highest BCUT2D eigenvalue weighted by molar-refractivity contribution is 5.63. The van der Waals surface area contributed by atoms with Crippen LogP contribution < -0.4 is 0 Å². The smallest absolute Gasteiger partial charge is 0.164 e. The molecule has 0 saturated heterocycles. The van der Waals surface area contributed by atoms with Crippen molar-refractivity contribution < 1.29 is 14.6 Å². The first-order valence-corrected chi connectivity index (χ1v) is 3.15. The Labute approximate surface area is 59.3 Å². The molecule has 3 heteroatoms. The maximum Gasteiger partial charge on any atom is 0.164 e. The third kappa shape index (κ3) is 1.19. The molecule has 1 N–H and O–H groups in total. The van der Waals surface area contributed by atoms with Gasteiger partial charge in [0.15, 0.2) is 11.9 Å². The van der Waals surface area contributed by atoms with E-state index < -0.39 is 5.60 Å². The van der Waals surface area contributed by atoms with Gasteiger partial charge in [0.1, 0.15) is 12.4 Å². The van der Waals surface area contributed by atoms with Gasteiger partial charge < -0.3 is 9.84 Å². The highest BCUT2D eigenvalue weighted by Crippen LogP contribution is 2.25. The average molecular weight is 142 g/mol. The standard InChI is InChI=1S/C7H10O3/c1-7(5-9)3-2-6(4-8)10-7/h2,5,8H,3-4H2,1H3. The Morgan fingerprint density at radius 2 is 2.70 bits per heavy atom. The second-order valence-corrected chi connectivity index (χ2v) is 2.57. The van der Waals surface area contributed by atoms with E-state index in [1.807, 2.05) is 0 Å². The van der Waals surface area contributed by atoms with Gasteiger partial charge in [0.2, 0.25) is 0 Å². The van der Waals surface area contributed by atoms with Crippen molar-refractivity contribution >= 4 is 6.29 Å². The van der Waals surface area contributed by atoms with Gasteiger partial charge in [-0.15, -0.1) is 0 Å². The molecule has 0 aromatic carbocycles. The maximum absolute atomic E-state index is 10.4. The van der Waals surface area contributed by atoms with Crippen LogP contribution in [0, 0.1) is 0 Å². The van der Waals surface area contributed by atoms with E-state index in [-0.39, 0.29) is 6.61 Å². The van der Waals surface area contributed by atoms with Gasteiger partial charge in [0, 0.05) is 6.42 Å². The minimum absolute atomic E-state index is 0.122. The first kappa shape index (κ1) is 7.28. The fraction of sp³-hybridized carbons (Fsp3) is 0.571. The second kappa shape index (κ2) is 2.42. The van der Waals surface area contributed by atoms with E-state index in [9.17, 15) is 4.79 Å². The summed E-state index contributed by atoms with van der Waals surface area (Å²) in [5.41, 5.74) is -0.724. The molecule has 1 unspecified atom stereocenters. The van der Waals surface area contributed by atoms with Crippen molar-refractivity contribution in [3.05, 3.63) is 11.8 Å². The summed E-state index contributed by atoms with van der Waals surface area (Å²) in [6.07, 6.45) is 3.05. The Balaban J connectivity index is 2.57. The van der Waals surface area contributed by atoms with E-state index in [0.717, 1.165) is 6.29 Å². The summed E-state index contributed by atoms with van der Waals surface area (Å²) < 4.78 is 5.09. The van der Waals surface area contributed by atoms with Gasteiger partial charge in [-0.25, -0.2) is 0 Å². The number of aldehydes is 1. The Kier molecular flexibility index (Phi) is 1.76. The molecule has 56 valence electrons. The van der Waals surface area contributed by atoms with Crippen LogP contribution >= 0.6 is 0 Å². The number of rotatable bonds is 2. The van der Waals surface area contributed by atoms with Crippen molar-refractivity contribution in [1.29, 1.82) is 0 Å². The SMILES string of the molecule is CC1(C=O)CC=C(CO)O1. The van der Waals surface area contributed by atoms with Gasteiger partial charge in [-0.3, -0.25) is 4.79 Å². The summed E-state index contributed by atoms with van der Waals surface area (Å²) in [6, 6.07) is 0. The van der Waals surface area contributed by atoms with Gasteiger partial charge in [-0.2, -0.15) is 0 Å². The van der Waals surface area contributed by atoms with Crippen molar-refractivity contribution in [3.8, 4) is 0 Å². The predicted octanol–water partition coefficient (Wildman–Crippen LogP) is 0.240. The summed E-state index contributed by atoms with van der Waals surface area (Å²) in [4.78, 5) is 10.4. The van der Waals surface area contributed by atoms with Gasteiger partial charge in [0.25, 0.3) is 0 Å². The number of aliphatic hydroxyl groups excluding tert-OH is 1. The molecule has 1 heterocycles. The maximum atomic E-state index is 10.4. The third-order valence-corrected chi connectivity index (χ3v) is 1.50. The largest absolute Gasteiger partial charge is 0.482 e. The van der Waals surface area contributed by atoms with E-state index in [1.165, 1.54) is 0 Å². The lowest BCUT2D eigenvalue weighted by Gasteiger charge is -2.16. The van der Waals surface area contributed by atoms with Crippen LogP contribution in [0.4, 0.5) is 0 Å². The first-order chi connectivity index (χ1) is 4.70. The topological polar surface area (TPSA) is 46.5 Å². The molecule has 0 amide bonds. The van der Waals surface area contributed by atoms with Crippen molar-refractivity contribution in [3.63, 3.8) is 0 Å². The number of ether oxygens (including phenoxy) is 1. The monoisotopic (exact) mass is 142 g/mol. The van der Waals surface area contributed by atoms with Crippen LogP contribution in [-0.4, -0.2) is 23.6 Å². The van der Waals surface area contributed by atoms with Crippen molar-refractivity contribution in [1.82, 2.24) is 0 Å². The van der Waals surface area contributed by atoms with E-state index in [0.29, 0.717) is 12.2 Å². The number of carbonyl (C=O) groups excluding carboxylic acids is 1. The summed E-state index contributed by atoms with van der Waals surface area (Å²) >= 11 is 0. The van der Waals surface area contributed by atoms with Crippen LogP contribution in [0.5, 0.6) is 0 Å². The summed E-state index contributed by atoms with van der Waals surface area (Å²) in [5.74, 6) is 0.495. The molecule has 0 aliphatic carbocycles. The number of hydrogen-bond acceptors (Lipinski definition) is 3. The van der Waals surface area contributed by atoms with E-state index in [1.54, 1.807) is 13.0 Å². The Morgan fingerprint density at radius 1 is 2.00 bits per heavy atom. The highest BCUT2D eigenvalue weighted by Gasteiger charge is 2.30. The molecular weight excluding hydrogens is 132 g/mol. The zero-order valence-corrected chi connectivity index (χ0v) is 5.83. The lowest BCUT2D eigenvalue weighted by atomic mass is 10.1. The zero-order valence-electron chi connectivity index (χ0n) is 5.83. The van der Waals surface area contributed by atoms with Gasteiger partial charge >= 0.3 is 0 Å². The number of aliphatic hydroxyl groups is 1. The summed E-state index contributed by atoms with van der Waals surface area (Å²) in [6.45, 7) is 1.57. The van der Waals surface area contributed by atoms with Crippen molar-refractivity contribution in [2.24, 2.45) is 0 Å². The summed E-state index contributed by atoms with van der Waals surface area (Å²) in [5, 5.41) is 8.58. The van der Waals surface area contributed by atoms with E-state index >= 15 is 0 Å². The van der Waals surface area contributed by atoms with Crippen LogP contribution in [0.3, 0.4) is 0 Å². The molecule has 1 rings (SSSR count). The third-order valence-electron chi connectivity index (χ3n) is 1.50. The molecule has 0 radical (unpaired) electrons. The molecule has 0 aromatic heterocycles. The van der Waals surface area contributed by atoms with Crippen LogP contribution in [-0.2, 0) is 9.53 Å². The molecule has 0 saturated carbocycles. The summed E-state index contributed by atoms with van der Waals surface area (Å²) in [7, 11) is 0. The number of carbonyl (C=O) groups is 1. The Morgan fingerprint density at radius 3 is 3.00 bits per heavy atom. The molecule has 3 nitrogen and oxygen atoms in total. The molecule has 0 spiro atoms. The van der Waals surface area contributed by atoms with Crippen LogP contribution in [0.25, 0.3) is 0 Å². The lowest BCUT2D eigenvalue weighted by molar-refractivity contribution is -0.122. The molecule has 1 atom stereocenters. The molecule has 0 aromatic rings. The van der Waals surface area contributed by atoms with Gasteiger partial charge in [-0.1, -0.05) is 0 Å². The molecule has 0 fully saturated rings. The van der Waals surface area contributed by atoms with Crippen molar-refractivity contribution in [2.75, 3.05) is 6.61 Å². The minimum Gasteiger partial charge on any atom is -0.482 e. The van der Waals surface area contributed by atoms with E-state index in [2.05, 4.69) is 0 Å². The molecule has 1 aliphatic rings. The highest BCUT2D eigenvalue weighted by atomic mass is 16.5. The molecule has 1 aliphatic heterocycles. The number of hydrogen-bond donors (Lipinski definition) is 1. The van der Waals surface area contributed by atoms with Gasteiger partial charge in [-0.05, 0) is 13.0 Å². The van der Waals surface area contributed by atoms with Gasteiger partial charge in [0.05, 0.1) is 0 Å². The average Bonchev–Trinajstić information content (AvgIpc) is 2.33. The normalized spacial score (nSPS) is 31.2.